The van der Waals surface area contributed by atoms with Crippen LogP contribution in [0.1, 0.15) is 55.2 Å². The number of benzene rings is 2. The predicted octanol–water partition coefficient (Wildman–Crippen LogP) is 6.45. The van der Waals surface area contributed by atoms with Crippen molar-refractivity contribution >= 4 is 33.5 Å². The maximum absolute atomic E-state index is 13.0. The molecular formula is C29H44N2O4S3. The molecule has 0 bridgehead atoms. The highest BCUT2D eigenvalue weighted by Gasteiger charge is 2.28. The average molecular weight is 581 g/mol. The van der Waals surface area contributed by atoms with E-state index in [1.165, 1.54) is 42.8 Å². The van der Waals surface area contributed by atoms with Gasteiger partial charge in [0, 0.05) is 32.7 Å². The number of unbranched alkanes of at least 4 members (excludes halogenated alkanes) is 2. The van der Waals surface area contributed by atoms with Crippen LogP contribution in [0.25, 0.3) is 0 Å². The minimum atomic E-state index is -3.45. The lowest BCUT2D eigenvalue weighted by Crippen LogP contribution is -2.49. The molecule has 2 aromatic rings. The van der Waals surface area contributed by atoms with Gasteiger partial charge >= 0.3 is 0 Å². The van der Waals surface area contributed by atoms with Gasteiger partial charge in [-0.1, -0.05) is 50.5 Å². The van der Waals surface area contributed by atoms with Crippen molar-refractivity contribution in [1.29, 1.82) is 0 Å². The van der Waals surface area contributed by atoms with E-state index in [-0.39, 0.29) is 0 Å². The van der Waals surface area contributed by atoms with Gasteiger partial charge < -0.3 is 9.47 Å². The van der Waals surface area contributed by atoms with Gasteiger partial charge in [0.05, 0.1) is 16.6 Å². The molecule has 0 unspecified atom stereocenters. The first-order chi connectivity index (χ1) is 18.4. The molecule has 38 heavy (non-hydrogen) atoms. The molecule has 0 N–H and O–H groups in total. The molecule has 9 heteroatoms. The Morgan fingerprint density at radius 1 is 0.895 bits per heavy atom. The van der Waals surface area contributed by atoms with E-state index >= 15 is 0 Å². The molecule has 1 saturated heterocycles. The number of aryl methyl sites for hydroxylation is 1. The first-order valence-corrected chi connectivity index (χ1v) is 17.3. The Hall–Kier alpha value is -1.39. The number of thioether (sulfide) groups is 2. The molecule has 0 radical (unpaired) electrons. The number of ether oxygens (including phenoxy) is 2. The van der Waals surface area contributed by atoms with E-state index in [2.05, 4.69) is 30.9 Å². The highest BCUT2D eigenvalue weighted by Crippen LogP contribution is 2.43. The fourth-order valence-corrected chi connectivity index (χ4v) is 8.60. The Balaban J connectivity index is 1.51. The Morgan fingerprint density at radius 3 is 2.11 bits per heavy atom. The van der Waals surface area contributed by atoms with Crippen LogP contribution in [0.4, 0.5) is 0 Å². The van der Waals surface area contributed by atoms with Crippen molar-refractivity contribution in [3.05, 3.63) is 53.6 Å². The minimum Gasteiger partial charge on any atom is -0.493 e. The van der Waals surface area contributed by atoms with E-state index in [0.29, 0.717) is 42.3 Å². The third-order valence-electron chi connectivity index (χ3n) is 6.65. The van der Waals surface area contributed by atoms with Gasteiger partial charge in [0.25, 0.3) is 0 Å². The SMILES string of the molecule is CCCCSC(SCCCC)c1ccc(OCCN2CCN(S(=O)(=O)c3ccc(C)cc3)CC2)c(OC)c1. The van der Waals surface area contributed by atoms with E-state index < -0.39 is 10.0 Å². The van der Waals surface area contributed by atoms with E-state index in [1.807, 2.05) is 48.6 Å². The molecule has 1 aliphatic heterocycles. The zero-order valence-electron chi connectivity index (χ0n) is 23.4. The van der Waals surface area contributed by atoms with E-state index in [0.717, 1.165) is 23.6 Å². The molecule has 6 nitrogen and oxygen atoms in total. The molecule has 1 aliphatic rings. The van der Waals surface area contributed by atoms with Gasteiger partial charge in [-0.3, -0.25) is 4.90 Å². The Morgan fingerprint density at radius 2 is 1.53 bits per heavy atom. The van der Waals surface area contributed by atoms with Gasteiger partial charge in [-0.2, -0.15) is 4.31 Å². The summed E-state index contributed by atoms with van der Waals surface area (Å²) in [4.78, 5) is 2.62. The van der Waals surface area contributed by atoms with Gasteiger partial charge in [-0.05, 0) is 61.1 Å². The van der Waals surface area contributed by atoms with Gasteiger partial charge in [0.1, 0.15) is 6.61 Å². The lowest BCUT2D eigenvalue weighted by molar-refractivity contribution is 0.157. The average Bonchev–Trinajstić information content (AvgIpc) is 2.93. The number of rotatable bonds is 16. The maximum atomic E-state index is 13.0. The van der Waals surface area contributed by atoms with Crippen LogP contribution in [0.3, 0.4) is 0 Å². The van der Waals surface area contributed by atoms with Crippen molar-refractivity contribution in [3.63, 3.8) is 0 Å². The van der Waals surface area contributed by atoms with Crippen molar-refractivity contribution in [2.75, 3.05) is 57.9 Å². The van der Waals surface area contributed by atoms with Crippen molar-refractivity contribution in [2.24, 2.45) is 0 Å². The largest absolute Gasteiger partial charge is 0.493 e. The van der Waals surface area contributed by atoms with Crippen LogP contribution in [0.5, 0.6) is 11.5 Å². The number of piperazine rings is 1. The molecule has 212 valence electrons. The van der Waals surface area contributed by atoms with Gasteiger partial charge in [0.2, 0.25) is 10.0 Å². The van der Waals surface area contributed by atoms with E-state index in [9.17, 15) is 8.42 Å². The highest BCUT2D eigenvalue weighted by atomic mass is 32.2. The summed E-state index contributed by atoms with van der Waals surface area (Å²) < 4.78 is 39.7. The molecule has 1 fully saturated rings. The molecule has 3 rings (SSSR count). The number of hydrogen-bond acceptors (Lipinski definition) is 7. The van der Waals surface area contributed by atoms with Gasteiger partial charge in [-0.15, -0.1) is 23.5 Å². The van der Waals surface area contributed by atoms with Crippen LogP contribution in [0.2, 0.25) is 0 Å². The second kappa shape index (κ2) is 16.0. The normalized spacial score (nSPS) is 15.2. The molecule has 0 spiro atoms. The summed E-state index contributed by atoms with van der Waals surface area (Å²) in [5.74, 6) is 3.86. The monoisotopic (exact) mass is 580 g/mol. The molecule has 0 aliphatic carbocycles. The minimum absolute atomic E-state index is 0.366. The molecule has 2 aromatic carbocycles. The van der Waals surface area contributed by atoms with Crippen LogP contribution in [-0.4, -0.2) is 75.6 Å². The first-order valence-electron chi connectivity index (χ1n) is 13.7. The standard InChI is InChI=1S/C29H44N2O4S3/c1-5-7-21-36-29(37-22-8-6-2)25-11-14-27(28(23-25)34-4)35-20-19-30-15-17-31(18-16-30)38(32,33)26-12-9-24(3)10-13-26/h9-14,23,29H,5-8,15-22H2,1-4H3. The molecule has 0 aromatic heterocycles. The van der Waals surface area contributed by atoms with Gasteiger partial charge in [0.15, 0.2) is 11.5 Å². The molecular weight excluding hydrogens is 537 g/mol. The second-order valence-electron chi connectivity index (χ2n) is 9.60. The second-order valence-corrected chi connectivity index (χ2v) is 14.3. The molecule has 0 saturated carbocycles. The van der Waals surface area contributed by atoms with Crippen molar-refractivity contribution in [1.82, 2.24) is 9.21 Å². The summed E-state index contributed by atoms with van der Waals surface area (Å²) >= 11 is 4.05. The lowest BCUT2D eigenvalue weighted by atomic mass is 10.2. The summed E-state index contributed by atoms with van der Waals surface area (Å²) in [6.45, 7) is 10.1. The third-order valence-corrected chi connectivity index (χ3v) is 11.6. The highest BCUT2D eigenvalue weighted by molar-refractivity contribution is 8.16. The third kappa shape index (κ3) is 9.08. The number of hydrogen-bond donors (Lipinski definition) is 0. The maximum Gasteiger partial charge on any atom is 0.243 e. The summed E-state index contributed by atoms with van der Waals surface area (Å²) in [7, 11) is -1.75. The molecule has 0 amide bonds. The summed E-state index contributed by atoms with van der Waals surface area (Å²) in [5.41, 5.74) is 2.33. The zero-order chi connectivity index (χ0) is 27.4. The van der Waals surface area contributed by atoms with Gasteiger partial charge in [-0.25, -0.2) is 8.42 Å². The summed E-state index contributed by atoms with van der Waals surface area (Å²) in [5, 5.41) is 0. The summed E-state index contributed by atoms with van der Waals surface area (Å²) in [6.07, 6.45) is 4.90. The number of sulfonamides is 1. The van der Waals surface area contributed by atoms with Crippen molar-refractivity contribution < 1.29 is 17.9 Å². The van der Waals surface area contributed by atoms with Crippen molar-refractivity contribution in [3.8, 4) is 11.5 Å². The lowest BCUT2D eigenvalue weighted by Gasteiger charge is -2.33. The van der Waals surface area contributed by atoms with Crippen LogP contribution in [0, 0.1) is 6.92 Å². The molecule has 1 heterocycles. The van der Waals surface area contributed by atoms with Crippen LogP contribution < -0.4 is 9.47 Å². The smallest absolute Gasteiger partial charge is 0.243 e. The topological polar surface area (TPSA) is 59.1 Å². The van der Waals surface area contributed by atoms with Crippen LogP contribution in [-0.2, 0) is 10.0 Å². The van der Waals surface area contributed by atoms with Crippen LogP contribution in [0.15, 0.2) is 47.4 Å². The number of methoxy groups -OCH3 is 1. The molecule has 0 atom stereocenters. The first kappa shape index (κ1) is 31.1. The van der Waals surface area contributed by atoms with E-state index in [4.69, 9.17) is 9.47 Å². The van der Waals surface area contributed by atoms with Crippen molar-refractivity contribution in [2.45, 2.75) is 55.9 Å². The predicted molar refractivity (Wildman–Crippen MR) is 162 cm³/mol. The Kier molecular flexibility index (Phi) is 13.1. The summed E-state index contributed by atoms with van der Waals surface area (Å²) in [6, 6.07) is 13.4. The fourth-order valence-electron chi connectivity index (χ4n) is 4.20. The number of nitrogens with zero attached hydrogens (tertiary/aromatic N) is 2. The zero-order valence-corrected chi connectivity index (χ0v) is 25.8. The Labute approximate surface area is 238 Å². The Bertz CT molecular complexity index is 1060. The van der Waals surface area contributed by atoms with E-state index in [1.54, 1.807) is 23.5 Å². The quantitative estimate of drug-likeness (QED) is 0.167. The van der Waals surface area contributed by atoms with Crippen LogP contribution >= 0.6 is 23.5 Å². The fraction of sp³-hybridized carbons (Fsp3) is 0.586.